The van der Waals surface area contributed by atoms with Gasteiger partial charge in [-0.05, 0) is 48.9 Å². The molecule has 0 aromatic heterocycles. The third kappa shape index (κ3) is 3.95. The molecule has 0 fully saturated rings. The summed E-state index contributed by atoms with van der Waals surface area (Å²) >= 11 is 3.42. The lowest BCUT2D eigenvalue weighted by Crippen LogP contribution is -2.10. The van der Waals surface area contributed by atoms with Crippen molar-refractivity contribution in [3.63, 3.8) is 0 Å². The molecule has 0 heterocycles. The molecule has 0 saturated heterocycles. The van der Waals surface area contributed by atoms with Gasteiger partial charge in [0.15, 0.2) is 0 Å². The van der Waals surface area contributed by atoms with E-state index >= 15 is 0 Å². The van der Waals surface area contributed by atoms with Crippen molar-refractivity contribution in [1.82, 2.24) is 0 Å². The van der Waals surface area contributed by atoms with Gasteiger partial charge in [-0.3, -0.25) is 0 Å². The molecule has 0 unspecified atom stereocenters. The number of aryl methyl sites for hydroxylation is 1. The summed E-state index contributed by atoms with van der Waals surface area (Å²) in [6.07, 6.45) is 2.75. The van der Waals surface area contributed by atoms with Crippen molar-refractivity contribution in [2.75, 3.05) is 11.9 Å². The zero-order chi connectivity index (χ0) is 15.4. The average molecular weight is 346 g/mol. The SMILES string of the molecule is Cc1ccc(N(C)c2ccc(Br)cc2/C=C/C(=O)O)cc1. The van der Waals surface area contributed by atoms with Crippen LogP contribution in [-0.4, -0.2) is 18.1 Å². The van der Waals surface area contributed by atoms with Gasteiger partial charge in [0.2, 0.25) is 0 Å². The van der Waals surface area contributed by atoms with E-state index in [-0.39, 0.29) is 0 Å². The van der Waals surface area contributed by atoms with Crippen molar-refractivity contribution in [3.8, 4) is 0 Å². The largest absolute Gasteiger partial charge is 0.478 e. The molecule has 0 bridgehead atoms. The zero-order valence-corrected chi connectivity index (χ0v) is 13.5. The highest BCUT2D eigenvalue weighted by atomic mass is 79.9. The van der Waals surface area contributed by atoms with Crippen molar-refractivity contribution in [2.24, 2.45) is 0 Å². The van der Waals surface area contributed by atoms with Crippen molar-refractivity contribution in [2.45, 2.75) is 6.92 Å². The maximum Gasteiger partial charge on any atom is 0.328 e. The Hall–Kier alpha value is -2.07. The van der Waals surface area contributed by atoms with Crippen molar-refractivity contribution >= 4 is 39.4 Å². The van der Waals surface area contributed by atoms with Gasteiger partial charge in [-0.2, -0.15) is 0 Å². The van der Waals surface area contributed by atoms with Crippen LogP contribution in [0, 0.1) is 6.92 Å². The van der Waals surface area contributed by atoms with E-state index in [1.54, 1.807) is 6.08 Å². The summed E-state index contributed by atoms with van der Waals surface area (Å²) in [6, 6.07) is 14.0. The number of carboxylic acid groups (broad SMARTS) is 1. The van der Waals surface area contributed by atoms with Crippen LogP contribution in [0.1, 0.15) is 11.1 Å². The lowest BCUT2D eigenvalue weighted by molar-refractivity contribution is -0.131. The lowest BCUT2D eigenvalue weighted by Gasteiger charge is -2.22. The first-order chi connectivity index (χ1) is 9.97. The minimum absolute atomic E-state index is 0.842. The second kappa shape index (κ2) is 6.59. The molecular formula is C17H16BrNO2. The summed E-state index contributed by atoms with van der Waals surface area (Å²) in [5, 5.41) is 8.81. The van der Waals surface area contributed by atoms with Gasteiger partial charge in [0, 0.05) is 29.0 Å². The highest BCUT2D eigenvalue weighted by molar-refractivity contribution is 9.10. The van der Waals surface area contributed by atoms with E-state index in [9.17, 15) is 4.79 Å². The summed E-state index contributed by atoms with van der Waals surface area (Å²) in [5.74, 6) is -0.959. The van der Waals surface area contributed by atoms with E-state index in [0.29, 0.717) is 0 Å². The Morgan fingerprint density at radius 3 is 2.48 bits per heavy atom. The fourth-order valence-electron chi connectivity index (χ4n) is 2.03. The number of hydrogen-bond donors (Lipinski definition) is 1. The number of anilines is 2. The molecular weight excluding hydrogens is 330 g/mol. The molecule has 4 heteroatoms. The van der Waals surface area contributed by atoms with E-state index < -0.39 is 5.97 Å². The van der Waals surface area contributed by atoms with Gasteiger partial charge in [0.1, 0.15) is 0 Å². The van der Waals surface area contributed by atoms with Crippen molar-refractivity contribution in [3.05, 3.63) is 64.1 Å². The molecule has 0 aliphatic heterocycles. The normalized spacial score (nSPS) is 10.8. The molecule has 0 saturated carbocycles. The lowest BCUT2D eigenvalue weighted by atomic mass is 10.1. The quantitative estimate of drug-likeness (QED) is 0.821. The molecule has 0 aliphatic carbocycles. The van der Waals surface area contributed by atoms with Crippen LogP contribution in [0.4, 0.5) is 11.4 Å². The van der Waals surface area contributed by atoms with Crippen molar-refractivity contribution < 1.29 is 9.90 Å². The fourth-order valence-corrected chi connectivity index (χ4v) is 2.41. The molecule has 0 atom stereocenters. The van der Waals surface area contributed by atoms with Crippen LogP contribution in [-0.2, 0) is 4.79 Å². The van der Waals surface area contributed by atoms with Crippen LogP contribution in [0.5, 0.6) is 0 Å². The van der Waals surface area contributed by atoms with Crippen LogP contribution in [0.25, 0.3) is 6.08 Å². The number of carbonyl (C=O) groups is 1. The number of carboxylic acids is 1. The Labute approximate surface area is 132 Å². The van der Waals surface area contributed by atoms with E-state index in [4.69, 9.17) is 5.11 Å². The second-order valence-corrected chi connectivity index (χ2v) is 5.68. The maximum atomic E-state index is 10.7. The monoisotopic (exact) mass is 345 g/mol. The minimum Gasteiger partial charge on any atom is -0.478 e. The van der Waals surface area contributed by atoms with E-state index in [0.717, 1.165) is 27.5 Å². The second-order valence-electron chi connectivity index (χ2n) is 4.77. The van der Waals surface area contributed by atoms with Gasteiger partial charge in [-0.1, -0.05) is 33.6 Å². The first kappa shape index (κ1) is 15.3. The summed E-state index contributed by atoms with van der Waals surface area (Å²) < 4.78 is 0.911. The third-order valence-corrected chi connectivity index (χ3v) is 3.67. The third-order valence-electron chi connectivity index (χ3n) is 3.18. The van der Waals surface area contributed by atoms with Gasteiger partial charge >= 0.3 is 5.97 Å². The topological polar surface area (TPSA) is 40.5 Å². The molecule has 0 aliphatic rings. The van der Waals surface area contributed by atoms with E-state index in [1.165, 1.54) is 5.56 Å². The molecule has 0 radical (unpaired) electrons. The minimum atomic E-state index is -0.959. The van der Waals surface area contributed by atoms with E-state index in [1.807, 2.05) is 49.2 Å². The highest BCUT2D eigenvalue weighted by Crippen LogP contribution is 2.30. The summed E-state index contributed by atoms with van der Waals surface area (Å²) in [5.41, 5.74) is 4.04. The molecule has 2 rings (SSSR count). The standard InChI is InChI=1S/C17H16BrNO2/c1-12-3-7-15(8-4-12)19(2)16-9-6-14(18)11-13(16)5-10-17(20)21/h3-11H,1-2H3,(H,20,21)/b10-5+. The van der Waals surface area contributed by atoms with Gasteiger partial charge in [0.25, 0.3) is 0 Å². The molecule has 21 heavy (non-hydrogen) atoms. The molecule has 108 valence electrons. The van der Waals surface area contributed by atoms with Gasteiger partial charge in [0.05, 0.1) is 0 Å². The van der Waals surface area contributed by atoms with Crippen LogP contribution < -0.4 is 4.90 Å². The zero-order valence-electron chi connectivity index (χ0n) is 11.9. The van der Waals surface area contributed by atoms with Crippen LogP contribution in [0.3, 0.4) is 0 Å². The number of hydrogen-bond acceptors (Lipinski definition) is 2. The van der Waals surface area contributed by atoms with Gasteiger partial charge in [-0.25, -0.2) is 4.79 Å². The Kier molecular flexibility index (Phi) is 4.81. The highest BCUT2D eigenvalue weighted by Gasteiger charge is 2.08. The van der Waals surface area contributed by atoms with Crippen LogP contribution in [0.2, 0.25) is 0 Å². The molecule has 0 amide bonds. The Morgan fingerprint density at radius 2 is 1.86 bits per heavy atom. The number of benzene rings is 2. The summed E-state index contributed by atoms with van der Waals surface area (Å²) in [7, 11) is 1.96. The number of rotatable bonds is 4. The Bertz CT molecular complexity index is 678. The molecule has 1 N–H and O–H groups in total. The van der Waals surface area contributed by atoms with Crippen LogP contribution >= 0.6 is 15.9 Å². The van der Waals surface area contributed by atoms with Crippen molar-refractivity contribution in [1.29, 1.82) is 0 Å². The smallest absolute Gasteiger partial charge is 0.328 e. The van der Waals surface area contributed by atoms with Gasteiger partial charge in [-0.15, -0.1) is 0 Å². The Balaban J connectivity index is 2.42. The molecule has 0 spiro atoms. The Morgan fingerprint density at radius 1 is 1.19 bits per heavy atom. The average Bonchev–Trinajstić information content (AvgIpc) is 2.45. The molecule has 2 aromatic rings. The first-order valence-electron chi connectivity index (χ1n) is 6.48. The predicted octanol–water partition coefficient (Wildman–Crippen LogP) is 4.62. The summed E-state index contributed by atoms with van der Waals surface area (Å²) in [4.78, 5) is 12.8. The molecule has 3 nitrogen and oxygen atoms in total. The van der Waals surface area contributed by atoms with Gasteiger partial charge < -0.3 is 10.0 Å². The summed E-state index contributed by atoms with van der Waals surface area (Å²) in [6.45, 7) is 2.05. The fraction of sp³-hybridized carbons (Fsp3) is 0.118. The maximum absolute atomic E-state index is 10.7. The van der Waals surface area contributed by atoms with Crippen LogP contribution in [0.15, 0.2) is 53.0 Å². The van der Waals surface area contributed by atoms with E-state index in [2.05, 4.69) is 28.1 Å². The number of nitrogens with zero attached hydrogens (tertiary/aromatic N) is 1. The molecule has 2 aromatic carbocycles. The predicted molar refractivity (Wildman–Crippen MR) is 90.1 cm³/mol. The number of halogens is 1. The number of aliphatic carboxylic acids is 1. The first-order valence-corrected chi connectivity index (χ1v) is 7.27.